The number of imidazole rings is 1. The molecule has 1 aromatic rings. The molecular formula is C18H32N5O4P. The van der Waals surface area contributed by atoms with Crippen molar-refractivity contribution in [2.45, 2.75) is 58.5 Å². The van der Waals surface area contributed by atoms with Crippen LogP contribution in [0.2, 0.25) is 0 Å². The van der Waals surface area contributed by atoms with E-state index in [1.807, 2.05) is 9.34 Å². The number of unbranched alkanes of at least 4 members (excludes halogenated alkanes) is 2. The van der Waals surface area contributed by atoms with Gasteiger partial charge in [-0.2, -0.15) is 0 Å². The Morgan fingerprint density at radius 2 is 1.71 bits per heavy atom. The molecule has 9 nitrogen and oxygen atoms in total. The van der Waals surface area contributed by atoms with Gasteiger partial charge in [0.25, 0.3) is 0 Å². The lowest BCUT2D eigenvalue weighted by Crippen LogP contribution is -2.22. The normalized spacial score (nSPS) is 18.6. The van der Waals surface area contributed by atoms with E-state index in [9.17, 15) is 14.7 Å². The Bertz CT molecular complexity index is 708. The number of rotatable bonds is 13. The average Bonchev–Trinajstić information content (AvgIpc) is 3.56. The van der Waals surface area contributed by atoms with Crippen LogP contribution in [0.15, 0.2) is 6.20 Å². The van der Waals surface area contributed by atoms with Crippen LogP contribution >= 0.6 is 7.67 Å². The molecule has 0 saturated carbocycles. The lowest BCUT2D eigenvalue weighted by atomic mass is 9.90. The van der Waals surface area contributed by atoms with Gasteiger partial charge in [0.1, 0.15) is 6.20 Å². The number of aromatic nitrogens is 2. The standard InChI is InChI=1S/C18H32N5O4P/c1-4-6-8-15(9-7-5-2)17(18-19-14-16(20(18)3)23(24)25)27-28(26,21-10-11-21)22-12-13-22/h14-15,17H,4-13H2,1-3H3. The zero-order chi connectivity index (χ0) is 20.3. The van der Waals surface area contributed by atoms with Crippen molar-refractivity contribution >= 4 is 13.5 Å². The Balaban J connectivity index is 1.94. The molecular weight excluding hydrogens is 381 g/mol. The van der Waals surface area contributed by atoms with Crippen molar-refractivity contribution < 1.29 is 14.0 Å². The van der Waals surface area contributed by atoms with Crippen LogP contribution in [0.5, 0.6) is 0 Å². The third-order valence-electron chi connectivity index (χ3n) is 5.54. The lowest BCUT2D eigenvalue weighted by molar-refractivity contribution is -0.391. The summed E-state index contributed by atoms with van der Waals surface area (Å²) in [5.74, 6) is 0.572. The highest BCUT2D eigenvalue weighted by molar-refractivity contribution is 7.54. The van der Waals surface area contributed by atoms with Crippen LogP contribution in [0.3, 0.4) is 0 Å². The molecule has 10 heteroatoms. The molecule has 0 aliphatic carbocycles. The van der Waals surface area contributed by atoms with Crippen LogP contribution in [0.4, 0.5) is 5.82 Å². The van der Waals surface area contributed by atoms with Gasteiger partial charge in [-0.15, -0.1) is 0 Å². The Kier molecular flexibility index (Phi) is 6.91. The van der Waals surface area contributed by atoms with Crippen molar-refractivity contribution in [2.24, 2.45) is 13.0 Å². The van der Waals surface area contributed by atoms with Crippen LogP contribution in [0, 0.1) is 16.0 Å². The molecule has 0 radical (unpaired) electrons. The van der Waals surface area contributed by atoms with Gasteiger partial charge in [-0.25, -0.2) is 18.9 Å². The van der Waals surface area contributed by atoms with Gasteiger partial charge in [0.15, 0.2) is 6.10 Å². The van der Waals surface area contributed by atoms with Gasteiger partial charge in [-0.1, -0.05) is 39.5 Å². The van der Waals surface area contributed by atoms with Crippen molar-refractivity contribution in [3.8, 4) is 0 Å². The summed E-state index contributed by atoms with van der Waals surface area (Å²) in [4.78, 5) is 15.2. The number of nitro groups is 1. The minimum atomic E-state index is -3.07. The zero-order valence-electron chi connectivity index (χ0n) is 17.1. The van der Waals surface area contributed by atoms with Gasteiger partial charge in [-0.3, -0.25) is 9.09 Å². The molecule has 0 amide bonds. The number of hydrogen-bond acceptors (Lipinski definition) is 5. The first-order chi connectivity index (χ1) is 13.4. The largest absolute Gasteiger partial charge is 0.358 e. The molecule has 3 rings (SSSR count). The molecule has 1 unspecified atom stereocenters. The summed E-state index contributed by atoms with van der Waals surface area (Å²) >= 11 is 0. The van der Waals surface area contributed by atoms with E-state index in [1.54, 1.807) is 7.05 Å². The van der Waals surface area contributed by atoms with Crippen molar-refractivity contribution in [3.63, 3.8) is 0 Å². The van der Waals surface area contributed by atoms with Gasteiger partial charge in [-0.05, 0) is 23.7 Å². The first-order valence-electron chi connectivity index (χ1n) is 10.4. The summed E-state index contributed by atoms with van der Waals surface area (Å²) in [6, 6.07) is 0. The van der Waals surface area contributed by atoms with E-state index >= 15 is 0 Å². The Labute approximate surface area is 166 Å². The van der Waals surface area contributed by atoms with Crippen LogP contribution in [0.25, 0.3) is 0 Å². The maximum absolute atomic E-state index is 13.7. The summed E-state index contributed by atoms with van der Waals surface area (Å²) in [7, 11) is -1.43. The van der Waals surface area contributed by atoms with Gasteiger partial charge < -0.3 is 10.1 Å². The van der Waals surface area contributed by atoms with Gasteiger partial charge >= 0.3 is 13.5 Å². The molecule has 1 aromatic heterocycles. The average molecular weight is 413 g/mol. The first kappa shape index (κ1) is 21.4. The monoisotopic (exact) mass is 413 g/mol. The molecule has 0 bridgehead atoms. The molecule has 158 valence electrons. The third kappa shape index (κ3) is 4.64. The second-order valence-corrected chi connectivity index (χ2v) is 10.1. The van der Waals surface area contributed by atoms with Crippen LogP contribution in [-0.4, -0.2) is 50.0 Å². The first-order valence-corrected chi connectivity index (χ1v) is 11.9. The fraction of sp³-hybridized carbons (Fsp3) is 0.833. The van der Waals surface area contributed by atoms with Crippen LogP contribution in [0.1, 0.15) is 64.3 Å². The van der Waals surface area contributed by atoms with Crippen molar-refractivity contribution in [1.29, 1.82) is 0 Å². The highest BCUT2D eigenvalue weighted by Crippen LogP contribution is 2.64. The van der Waals surface area contributed by atoms with E-state index in [1.165, 1.54) is 10.8 Å². The summed E-state index contributed by atoms with van der Waals surface area (Å²) in [5.41, 5.74) is 0. The van der Waals surface area contributed by atoms with Gasteiger partial charge in [0.2, 0.25) is 5.82 Å². The van der Waals surface area contributed by atoms with Crippen molar-refractivity contribution in [1.82, 2.24) is 18.9 Å². The molecule has 0 spiro atoms. The fourth-order valence-electron chi connectivity index (χ4n) is 3.63. The minimum absolute atomic E-state index is 0.0679. The highest BCUT2D eigenvalue weighted by Gasteiger charge is 2.52. The minimum Gasteiger partial charge on any atom is -0.358 e. The Morgan fingerprint density at radius 3 is 2.11 bits per heavy atom. The molecule has 1 atom stereocenters. The fourth-order valence-corrected chi connectivity index (χ4v) is 6.00. The van der Waals surface area contributed by atoms with Crippen LogP contribution < -0.4 is 0 Å². The predicted molar refractivity (Wildman–Crippen MR) is 107 cm³/mol. The van der Waals surface area contributed by atoms with E-state index < -0.39 is 18.7 Å². The quantitative estimate of drug-likeness (QED) is 0.208. The molecule has 0 aromatic carbocycles. The van der Waals surface area contributed by atoms with Crippen LogP contribution in [-0.2, 0) is 16.1 Å². The van der Waals surface area contributed by atoms with E-state index in [0.29, 0.717) is 5.82 Å². The number of nitrogens with zero attached hydrogens (tertiary/aromatic N) is 5. The molecule has 2 saturated heterocycles. The van der Waals surface area contributed by atoms with Gasteiger partial charge in [0.05, 0.1) is 7.05 Å². The second kappa shape index (κ2) is 9.03. The van der Waals surface area contributed by atoms with E-state index in [2.05, 4.69) is 18.8 Å². The molecule has 2 aliphatic heterocycles. The molecule has 2 aliphatic rings. The Hall–Kier alpha value is -1.28. The number of hydrogen-bond donors (Lipinski definition) is 0. The highest BCUT2D eigenvalue weighted by atomic mass is 31.2. The van der Waals surface area contributed by atoms with E-state index in [-0.39, 0.29) is 11.7 Å². The third-order valence-corrected chi connectivity index (χ3v) is 8.27. The van der Waals surface area contributed by atoms with Gasteiger partial charge in [0, 0.05) is 26.2 Å². The smallest absolute Gasteiger partial charge is 0.347 e. The molecule has 3 heterocycles. The summed E-state index contributed by atoms with van der Waals surface area (Å²) in [5, 5.41) is 11.3. The van der Waals surface area contributed by atoms with Crippen molar-refractivity contribution in [3.05, 3.63) is 22.1 Å². The lowest BCUT2D eigenvalue weighted by Gasteiger charge is -2.30. The van der Waals surface area contributed by atoms with Crippen molar-refractivity contribution in [2.75, 3.05) is 26.2 Å². The Morgan fingerprint density at radius 1 is 1.18 bits per heavy atom. The van der Waals surface area contributed by atoms with E-state index in [0.717, 1.165) is 64.7 Å². The zero-order valence-corrected chi connectivity index (χ0v) is 18.0. The molecule has 2 fully saturated rings. The second-order valence-electron chi connectivity index (χ2n) is 7.76. The molecule has 0 N–H and O–H groups in total. The maximum atomic E-state index is 13.7. The predicted octanol–water partition coefficient (Wildman–Crippen LogP) is 4.12. The maximum Gasteiger partial charge on any atom is 0.347 e. The molecule has 28 heavy (non-hydrogen) atoms. The summed E-state index contributed by atoms with van der Waals surface area (Å²) < 4.78 is 25.4. The SMILES string of the molecule is CCCCC(CCCC)C(OP(=O)(N1CC1)N1CC1)c1ncc([N+](=O)[O-])n1C. The van der Waals surface area contributed by atoms with E-state index in [4.69, 9.17) is 4.52 Å². The summed E-state index contributed by atoms with van der Waals surface area (Å²) in [6.07, 6.45) is 6.84. The topological polar surface area (TPSA) is 93.3 Å². The summed E-state index contributed by atoms with van der Waals surface area (Å²) in [6.45, 7) is 7.39.